The molecule has 27 nitrogen and oxygen atoms in total. The molecule has 7 heterocycles. The minimum Gasteiger partial charge on any atom is -0.457 e. The smallest absolute Gasteiger partial charge is 0.317 e. The molecule has 0 unspecified atom stereocenters. The van der Waals surface area contributed by atoms with Crippen LogP contribution in [-0.4, -0.2) is 83.7 Å². The number of esters is 2. The van der Waals surface area contributed by atoms with Gasteiger partial charge in [0.2, 0.25) is 0 Å². The Hall–Kier alpha value is -16.9. The molecule has 742 valence electrons. The molecule has 30 heteroatoms. The Morgan fingerprint density at radius 1 is 0.265 bits per heavy atom. The molecule has 10 aromatic carbocycles. The summed E-state index contributed by atoms with van der Waals surface area (Å²) in [5.74, 6) is 5.15. The van der Waals surface area contributed by atoms with E-state index in [4.69, 9.17) is 68.0 Å². The number of rotatable bonds is 20. The molecule has 0 fully saturated rings. The molecule has 5 aromatic heterocycles. The normalized spacial score (nSPS) is 12.8. The first-order valence-electron chi connectivity index (χ1n) is 47.1. The highest BCUT2D eigenvalue weighted by Crippen LogP contribution is 2.42. The molecule has 0 spiro atoms. The number of carbonyl (C=O) groups excluding carboxylic acids is 10. The zero-order valence-electron chi connectivity index (χ0n) is 82.1. The molecule has 5 N–H and O–H groups in total. The number of Topliss-reactive ketones (excluding diaryl/α,β-unsaturated/α-hetero) is 3. The molecule has 0 saturated carbocycles. The second kappa shape index (κ2) is 45.0. The number of halogens is 3. The van der Waals surface area contributed by atoms with Crippen molar-refractivity contribution in [3.05, 3.63) is 402 Å². The quantitative estimate of drug-likeness (QED) is 0.0442. The van der Waals surface area contributed by atoms with Crippen molar-refractivity contribution in [2.24, 2.45) is 0 Å². The molecule has 147 heavy (non-hydrogen) atoms. The Morgan fingerprint density at radius 3 is 0.782 bits per heavy atom. The fraction of sp³-hybridized carbons (Fsp3) is 0.188. The number of carbonyl (C=O) groups is 10. The lowest BCUT2D eigenvalue weighted by molar-refractivity contribution is -0.132. The summed E-state index contributed by atoms with van der Waals surface area (Å²) >= 11 is 18.3. The Balaban J connectivity index is 0.000000131. The number of ether oxygens (including phenoxy) is 7. The maximum atomic E-state index is 12.7. The van der Waals surface area contributed by atoms with Gasteiger partial charge in [-0.2, -0.15) is 0 Å². The molecular formula is C117H101Cl3N10O17. The van der Waals surface area contributed by atoms with Crippen LogP contribution >= 0.6 is 34.8 Å². The summed E-state index contributed by atoms with van der Waals surface area (Å²) < 4.78 is 39.8. The van der Waals surface area contributed by atoms with Crippen molar-refractivity contribution in [2.75, 3.05) is 26.6 Å². The van der Waals surface area contributed by atoms with Gasteiger partial charge in [-0.05, 0) is 276 Å². The van der Waals surface area contributed by atoms with E-state index in [1.807, 2.05) is 74.5 Å². The first-order chi connectivity index (χ1) is 70.2. The number of benzene rings is 10. The van der Waals surface area contributed by atoms with Gasteiger partial charge in [-0.1, -0.05) is 121 Å². The van der Waals surface area contributed by atoms with Gasteiger partial charge in [0.15, 0.2) is 23.0 Å². The zero-order valence-corrected chi connectivity index (χ0v) is 84.4. The number of fused-ring (bicyclic) bond motifs is 5. The van der Waals surface area contributed by atoms with E-state index >= 15 is 0 Å². The first kappa shape index (κ1) is 103. The number of hydrogen-bond donors (Lipinski definition) is 5. The lowest BCUT2D eigenvalue weighted by atomic mass is 9.86. The highest BCUT2D eigenvalue weighted by Gasteiger charge is 2.32. The van der Waals surface area contributed by atoms with Crippen molar-refractivity contribution in [1.82, 2.24) is 24.9 Å². The van der Waals surface area contributed by atoms with Gasteiger partial charge in [-0.25, -0.2) is 0 Å². The molecule has 0 radical (unpaired) electrons. The average Bonchev–Trinajstić information content (AvgIpc) is 1.69. The van der Waals surface area contributed by atoms with Crippen LogP contribution in [0.3, 0.4) is 0 Å². The van der Waals surface area contributed by atoms with Crippen LogP contribution < -0.4 is 59.7 Å². The number of nitrogens with one attached hydrogen (secondary N) is 5. The molecule has 0 atom stereocenters. The largest absolute Gasteiger partial charge is 0.457 e. The van der Waals surface area contributed by atoms with Crippen LogP contribution in [0.1, 0.15) is 187 Å². The number of pyridine rings is 5. The van der Waals surface area contributed by atoms with Crippen LogP contribution in [-0.2, 0) is 91.6 Å². The molecule has 0 bridgehead atoms. The fourth-order valence-electron chi connectivity index (χ4n) is 16.2. The molecule has 15 aromatic rings. The van der Waals surface area contributed by atoms with Crippen molar-refractivity contribution < 1.29 is 81.1 Å². The Kier molecular flexibility index (Phi) is 31.5. The van der Waals surface area contributed by atoms with Crippen molar-refractivity contribution in [3.63, 3.8) is 0 Å². The highest BCUT2D eigenvalue weighted by atomic mass is 35.5. The zero-order chi connectivity index (χ0) is 104. The Bertz CT molecular complexity index is 7200. The molecule has 0 saturated heterocycles. The van der Waals surface area contributed by atoms with Gasteiger partial charge in [0.1, 0.15) is 63.3 Å². The second-order valence-electron chi connectivity index (χ2n) is 38.4. The maximum absolute atomic E-state index is 12.7. The number of nitrogens with zero attached hydrogens (tertiary/aromatic N) is 5. The van der Waals surface area contributed by atoms with Gasteiger partial charge in [0, 0.05) is 170 Å². The lowest BCUT2D eigenvalue weighted by Crippen LogP contribution is -2.16. The van der Waals surface area contributed by atoms with Gasteiger partial charge in [0.25, 0.3) is 29.5 Å². The predicted molar refractivity (Wildman–Crippen MR) is 562 cm³/mol. The van der Waals surface area contributed by atoms with E-state index in [-0.39, 0.29) is 87.9 Å². The number of amides is 5. The third kappa shape index (κ3) is 27.2. The summed E-state index contributed by atoms with van der Waals surface area (Å²) in [4.78, 5) is 142. The van der Waals surface area contributed by atoms with E-state index in [1.165, 1.54) is 11.1 Å². The van der Waals surface area contributed by atoms with Crippen LogP contribution in [0.25, 0.3) is 0 Å². The number of aromatic nitrogens is 5. The Morgan fingerprint density at radius 2 is 0.510 bits per heavy atom. The molecule has 5 amide bonds. The van der Waals surface area contributed by atoms with Crippen molar-refractivity contribution in [2.45, 2.75) is 144 Å². The van der Waals surface area contributed by atoms with Gasteiger partial charge >= 0.3 is 11.9 Å². The number of anilines is 5. The van der Waals surface area contributed by atoms with Crippen molar-refractivity contribution >= 4 is 122 Å². The monoisotopic (exact) mass is 2020 g/mol. The van der Waals surface area contributed by atoms with Gasteiger partial charge in [-0.3, -0.25) is 72.9 Å². The third-order valence-corrected chi connectivity index (χ3v) is 24.5. The van der Waals surface area contributed by atoms with Crippen LogP contribution in [0.15, 0.2) is 286 Å². The van der Waals surface area contributed by atoms with E-state index < -0.39 is 0 Å². The van der Waals surface area contributed by atoms with Crippen LogP contribution in [0.2, 0.25) is 15.1 Å². The minimum absolute atomic E-state index is 0.0398. The summed E-state index contributed by atoms with van der Waals surface area (Å²) in [6, 6.07) is 74.8. The van der Waals surface area contributed by atoms with Crippen molar-refractivity contribution in [1.29, 1.82) is 0 Å². The average molecular weight is 2030 g/mol. The SMILES string of the molecule is CC(C)(C)c1cc(Cl)cc(C(=O)Nc2ccc(Oc3ccnc4c3CC(=O)C4)cc2)c1.CC(C)(C)c1ccc(C(=O)Nc2ccc(Oc3ccnc4c3CC(=O)C4)cc2)cc1.CC(C)(C)c1ccc(C(=O)Nc2ccc(Oc3ccnc4c3OC(=O)C4)cc2)cc1.Cc1cc(Cl)cc(C(=O)Nc2ccc(Oc3ccnc4c3CC(=O)C4)cc2)c1.Cc1cc(Cl)cc(C(=O)Nc2ccc(Oc3ccnc4c3OC(=O)C4)cc2)c1. The van der Waals surface area contributed by atoms with E-state index in [9.17, 15) is 47.9 Å². The predicted octanol–water partition coefficient (Wildman–Crippen LogP) is 25.0. The lowest BCUT2D eigenvalue weighted by Gasteiger charge is -2.20. The summed E-state index contributed by atoms with van der Waals surface area (Å²) in [5.41, 5.74) is 17.1. The number of hydrogen-bond acceptors (Lipinski definition) is 22. The Labute approximate surface area is 863 Å². The van der Waals surface area contributed by atoms with Crippen LogP contribution in [0.5, 0.6) is 69.0 Å². The fourth-order valence-corrected chi connectivity index (χ4v) is 17.0. The van der Waals surface area contributed by atoms with Gasteiger partial charge in [0.05, 0.1) is 41.3 Å². The molecule has 3 aliphatic carbocycles. The summed E-state index contributed by atoms with van der Waals surface area (Å²) in [6.07, 6.45) is 10.5. The van der Waals surface area contributed by atoms with Crippen LogP contribution in [0.4, 0.5) is 28.4 Å². The maximum Gasteiger partial charge on any atom is 0.317 e. The molecule has 2 aliphatic heterocycles. The van der Waals surface area contributed by atoms with Crippen LogP contribution in [0, 0.1) is 13.8 Å². The molecular weight excluding hydrogens is 1920 g/mol. The number of ketones is 3. The molecule has 20 rings (SSSR count). The van der Waals surface area contributed by atoms with Crippen molar-refractivity contribution in [3.8, 4) is 69.0 Å². The summed E-state index contributed by atoms with van der Waals surface area (Å²) in [6.45, 7) is 22.8. The topological polar surface area (TPSA) is 360 Å². The second-order valence-corrected chi connectivity index (χ2v) is 39.7. The molecule has 5 aliphatic rings. The summed E-state index contributed by atoms with van der Waals surface area (Å²) in [7, 11) is 0. The van der Waals surface area contributed by atoms with Gasteiger partial charge < -0.3 is 59.7 Å². The van der Waals surface area contributed by atoms with E-state index in [2.05, 4.69) is 114 Å². The van der Waals surface area contributed by atoms with E-state index in [0.29, 0.717) is 190 Å². The van der Waals surface area contributed by atoms with Gasteiger partial charge in [-0.15, -0.1) is 0 Å². The van der Waals surface area contributed by atoms with E-state index in [0.717, 1.165) is 50.5 Å². The summed E-state index contributed by atoms with van der Waals surface area (Å²) in [5, 5.41) is 15.9. The first-order valence-corrected chi connectivity index (χ1v) is 48.2. The standard InChI is InChI=1S/C25H23ClN2O3.C25H24N2O3.C24H22N2O4.C22H17ClN2O3.C21H15ClN2O4/c1-25(2,3)16-10-15(11-17(26)12-16)24(30)28-18-4-6-20(7-5-18)31-23-8-9-27-22-14-19(29)13-21(22)23;1-25(2,3)17-6-4-16(5-7-17)24(29)27-18-8-10-20(11-9-18)30-23-12-13-26-22-15-19(28)14-21(22)23;1-24(2,3)16-6-4-15(5-7-16)23(28)26-17-8-10-18(11-9-17)29-20-12-13-25-19-14-21(27)30-22(19)20;1-13-8-14(10-15(23)9-13)22(27)25-16-2-4-18(5-3-16)28-21-6-7-24-20-12-17(26)11-19(20)21;1-12-8-13(10-14(22)9-12)21(26)24-15-2-4-16(5-3-15)27-18-6-7-23-17-11-19(25)28-20(17)18/h4-12H,13-14H2,1-3H3,(H,28,30);4-13H,14-15H2,1-3H3,(H,27,29);4-13H,14H2,1-3H3,(H,26,28);2-10H,11-12H2,1H3,(H,25,27);2-10H,11H2,1H3,(H,24,26). The third-order valence-electron chi connectivity index (χ3n) is 23.8. The highest BCUT2D eigenvalue weighted by molar-refractivity contribution is 6.32. The number of aryl methyl sites for hydroxylation is 2. The van der Waals surface area contributed by atoms with E-state index in [1.54, 1.807) is 225 Å². The minimum atomic E-state index is -0.354.